The maximum atomic E-state index is 12.3. The Morgan fingerprint density at radius 2 is 2.20 bits per heavy atom. The van der Waals surface area contributed by atoms with Crippen molar-refractivity contribution in [3.05, 3.63) is 0 Å². The van der Waals surface area contributed by atoms with Gasteiger partial charge in [0, 0.05) is 19.1 Å². The van der Waals surface area contributed by atoms with Gasteiger partial charge in [0.1, 0.15) is 0 Å². The van der Waals surface area contributed by atoms with Crippen LogP contribution in [0.5, 0.6) is 0 Å². The second-order valence-corrected chi connectivity index (χ2v) is 5.57. The summed E-state index contributed by atoms with van der Waals surface area (Å²) in [5.74, 6) is 2.03. The fourth-order valence-electron chi connectivity index (χ4n) is 3.55. The minimum Gasteiger partial charge on any atom is -0.339 e. The van der Waals surface area contributed by atoms with Crippen LogP contribution in [0.15, 0.2) is 0 Å². The van der Waals surface area contributed by atoms with E-state index in [0.717, 1.165) is 25.6 Å². The molecule has 0 aromatic heterocycles. The molecule has 2 bridgehead atoms. The molecule has 0 spiro atoms. The smallest absolute Gasteiger partial charge is 0.227 e. The van der Waals surface area contributed by atoms with Gasteiger partial charge in [0.15, 0.2) is 0 Å². The molecule has 1 saturated carbocycles. The van der Waals surface area contributed by atoms with Gasteiger partial charge in [-0.05, 0) is 37.6 Å². The zero-order chi connectivity index (χ0) is 10.4. The second-order valence-electron chi connectivity index (χ2n) is 5.57. The van der Waals surface area contributed by atoms with Gasteiger partial charge < -0.3 is 10.2 Å². The maximum Gasteiger partial charge on any atom is 0.227 e. The number of carbonyl (C=O) groups is 1. The van der Waals surface area contributed by atoms with Gasteiger partial charge in [0.2, 0.25) is 5.91 Å². The normalized spacial score (nSPS) is 43.9. The van der Waals surface area contributed by atoms with E-state index in [1.54, 1.807) is 0 Å². The molecule has 4 unspecified atom stereocenters. The molecule has 1 aliphatic carbocycles. The molecule has 1 N–H and O–H groups in total. The molecule has 15 heavy (non-hydrogen) atoms. The molecule has 4 atom stereocenters. The molecule has 84 valence electrons. The van der Waals surface area contributed by atoms with Gasteiger partial charge in [-0.1, -0.05) is 6.92 Å². The van der Waals surface area contributed by atoms with Gasteiger partial charge in [-0.15, -0.1) is 0 Å². The van der Waals surface area contributed by atoms with Crippen LogP contribution < -0.4 is 5.32 Å². The van der Waals surface area contributed by atoms with Gasteiger partial charge >= 0.3 is 0 Å². The minimum atomic E-state index is 0.254. The quantitative estimate of drug-likeness (QED) is 0.693. The maximum absolute atomic E-state index is 12.3. The average Bonchev–Trinajstić information content (AvgIpc) is 2.91. The van der Waals surface area contributed by atoms with E-state index in [2.05, 4.69) is 17.1 Å². The highest BCUT2D eigenvalue weighted by molar-refractivity contribution is 5.80. The topological polar surface area (TPSA) is 32.3 Å². The highest BCUT2D eigenvalue weighted by atomic mass is 16.2. The number of hydrogen-bond donors (Lipinski definition) is 1. The lowest BCUT2D eigenvalue weighted by Gasteiger charge is -2.30. The van der Waals surface area contributed by atoms with Crippen LogP contribution in [0.25, 0.3) is 0 Å². The summed E-state index contributed by atoms with van der Waals surface area (Å²) < 4.78 is 0. The summed E-state index contributed by atoms with van der Waals surface area (Å²) >= 11 is 0. The molecule has 1 amide bonds. The Morgan fingerprint density at radius 3 is 2.73 bits per heavy atom. The third-order valence-corrected chi connectivity index (χ3v) is 4.53. The Kier molecular flexibility index (Phi) is 2.23. The van der Waals surface area contributed by atoms with Gasteiger partial charge in [-0.25, -0.2) is 0 Å². The predicted molar refractivity (Wildman–Crippen MR) is 58.4 cm³/mol. The summed E-state index contributed by atoms with van der Waals surface area (Å²) in [6.45, 7) is 5.15. The zero-order valence-electron chi connectivity index (χ0n) is 9.41. The van der Waals surface area contributed by atoms with E-state index in [9.17, 15) is 4.79 Å². The number of hydrogen-bond acceptors (Lipinski definition) is 2. The number of nitrogens with zero attached hydrogens (tertiary/aromatic N) is 1. The molecule has 2 aliphatic heterocycles. The number of fused-ring (bicyclic) bond motifs is 2. The van der Waals surface area contributed by atoms with Crippen LogP contribution >= 0.6 is 0 Å². The highest BCUT2D eigenvalue weighted by Gasteiger charge is 2.43. The Balaban J connectivity index is 1.69. The lowest BCUT2D eigenvalue weighted by atomic mass is 9.95. The van der Waals surface area contributed by atoms with Crippen LogP contribution in [0, 0.1) is 17.8 Å². The van der Waals surface area contributed by atoms with Crippen LogP contribution in [0.1, 0.15) is 26.2 Å². The van der Waals surface area contributed by atoms with Crippen molar-refractivity contribution in [2.24, 2.45) is 17.8 Å². The molecule has 3 aliphatic rings. The fourth-order valence-corrected chi connectivity index (χ4v) is 3.55. The summed E-state index contributed by atoms with van der Waals surface area (Å²) in [6.07, 6.45) is 3.89. The summed E-state index contributed by atoms with van der Waals surface area (Å²) in [5, 5.41) is 3.32. The molecule has 2 saturated heterocycles. The van der Waals surface area contributed by atoms with Gasteiger partial charge in [-0.2, -0.15) is 0 Å². The Hall–Kier alpha value is -0.570. The van der Waals surface area contributed by atoms with Crippen LogP contribution in [0.4, 0.5) is 0 Å². The summed E-state index contributed by atoms with van der Waals surface area (Å²) in [5.41, 5.74) is 0. The molecular formula is C12H20N2O. The zero-order valence-corrected chi connectivity index (χ0v) is 9.41. The van der Waals surface area contributed by atoms with Crippen molar-refractivity contribution >= 4 is 5.91 Å². The van der Waals surface area contributed by atoms with Gasteiger partial charge in [-0.3, -0.25) is 4.79 Å². The van der Waals surface area contributed by atoms with E-state index < -0.39 is 0 Å². The molecule has 0 aromatic carbocycles. The standard InChI is InChI=1S/C12H20N2O/c1-8-5-13-6-11(8)12(15)14-7-9-2-3-10(14)4-9/h8-11,13H,2-7H2,1H3. The molecular weight excluding hydrogens is 188 g/mol. The third-order valence-electron chi connectivity index (χ3n) is 4.53. The molecule has 0 radical (unpaired) electrons. The number of rotatable bonds is 1. The van der Waals surface area contributed by atoms with E-state index in [-0.39, 0.29) is 5.92 Å². The van der Waals surface area contributed by atoms with E-state index in [0.29, 0.717) is 17.9 Å². The first kappa shape index (κ1) is 9.64. The Bertz CT molecular complexity index is 279. The van der Waals surface area contributed by atoms with Crippen molar-refractivity contribution in [1.82, 2.24) is 10.2 Å². The first-order chi connectivity index (χ1) is 7.25. The fraction of sp³-hybridized carbons (Fsp3) is 0.917. The van der Waals surface area contributed by atoms with Crippen molar-refractivity contribution in [2.45, 2.75) is 32.2 Å². The number of nitrogens with one attached hydrogen (secondary N) is 1. The molecule has 0 aromatic rings. The predicted octanol–water partition coefficient (Wildman–Crippen LogP) is 0.853. The monoisotopic (exact) mass is 208 g/mol. The second kappa shape index (κ2) is 3.48. The van der Waals surface area contributed by atoms with Crippen molar-refractivity contribution in [3.8, 4) is 0 Å². The van der Waals surface area contributed by atoms with Crippen LogP contribution in [-0.2, 0) is 4.79 Å². The number of carbonyl (C=O) groups excluding carboxylic acids is 1. The molecule has 3 heteroatoms. The minimum absolute atomic E-state index is 0.254. The summed E-state index contributed by atoms with van der Waals surface area (Å²) in [7, 11) is 0. The van der Waals surface area contributed by atoms with E-state index in [1.165, 1.54) is 19.3 Å². The first-order valence-electron chi connectivity index (χ1n) is 6.27. The number of piperidine rings is 1. The molecule has 3 nitrogen and oxygen atoms in total. The Labute approximate surface area is 91.2 Å². The summed E-state index contributed by atoms with van der Waals surface area (Å²) in [6, 6.07) is 0.593. The SMILES string of the molecule is CC1CNCC1C(=O)N1CC2CCC1C2. The lowest BCUT2D eigenvalue weighted by Crippen LogP contribution is -2.43. The van der Waals surface area contributed by atoms with Gasteiger partial charge in [0.05, 0.1) is 5.92 Å². The van der Waals surface area contributed by atoms with E-state index in [4.69, 9.17) is 0 Å². The number of likely N-dealkylation sites (tertiary alicyclic amines) is 1. The van der Waals surface area contributed by atoms with Crippen molar-refractivity contribution in [1.29, 1.82) is 0 Å². The van der Waals surface area contributed by atoms with Crippen molar-refractivity contribution < 1.29 is 4.79 Å². The Morgan fingerprint density at radius 1 is 1.33 bits per heavy atom. The molecule has 2 heterocycles. The van der Waals surface area contributed by atoms with E-state index >= 15 is 0 Å². The van der Waals surface area contributed by atoms with Crippen molar-refractivity contribution in [2.75, 3.05) is 19.6 Å². The van der Waals surface area contributed by atoms with E-state index in [1.807, 2.05) is 0 Å². The largest absolute Gasteiger partial charge is 0.339 e. The van der Waals surface area contributed by atoms with Crippen molar-refractivity contribution in [3.63, 3.8) is 0 Å². The van der Waals surface area contributed by atoms with Crippen LogP contribution in [-0.4, -0.2) is 36.5 Å². The molecule has 3 fully saturated rings. The highest BCUT2D eigenvalue weighted by Crippen LogP contribution is 2.38. The number of amides is 1. The average molecular weight is 208 g/mol. The lowest BCUT2D eigenvalue weighted by molar-refractivity contribution is -0.137. The summed E-state index contributed by atoms with van der Waals surface area (Å²) in [4.78, 5) is 14.5. The first-order valence-corrected chi connectivity index (χ1v) is 6.27. The van der Waals surface area contributed by atoms with Crippen LogP contribution in [0.2, 0.25) is 0 Å². The van der Waals surface area contributed by atoms with Gasteiger partial charge in [0.25, 0.3) is 0 Å². The third kappa shape index (κ3) is 1.48. The molecule has 3 rings (SSSR count). The van der Waals surface area contributed by atoms with Crippen LogP contribution in [0.3, 0.4) is 0 Å².